The highest BCUT2D eigenvalue weighted by atomic mass is 31.1. The van der Waals surface area contributed by atoms with Crippen LogP contribution < -0.4 is 26.5 Å². The van der Waals surface area contributed by atoms with Crippen LogP contribution in [0.25, 0.3) is 0 Å². The van der Waals surface area contributed by atoms with Crippen molar-refractivity contribution in [2.24, 2.45) is 5.92 Å². The molecule has 0 aliphatic heterocycles. The Labute approximate surface area is 198 Å². The van der Waals surface area contributed by atoms with Crippen molar-refractivity contribution in [1.29, 1.82) is 0 Å². The fourth-order valence-corrected chi connectivity index (χ4v) is 6.09. The second-order valence-electron chi connectivity index (χ2n) is 9.46. The first-order valence-corrected chi connectivity index (χ1v) is 12.6. The van der Waals surface area contributed by atoms with Crippen molar-refractivity contribution in [2.75, 3.05) is 0 Å². The van der Waals surface area contributed by atoms with Crippen LogP contribution in [0.4, 0.5) is 0 Å². The highest BCUT2D eigenvalue weighted by molar-refractivity contribution is 7.80. The van der Waals surface area contributed by atoms with Crippen molar-refractivity contribution in [3.8, 4) is 0 Å². The summed E-state index contributed by atoms with van der Waals surface area (Å²) in [4.78, 5) is 26.4. The van der Waals surface area contributed by atoms with E-state index in [2.05, 4.69) is 34.9 Å². The predicted octanol–water partition coefficient (Wildman–Crippen LogP) is 4.11. The van der Waals surface area contributed by atoms with Gasteiger partial charge in [-0.05, 0) is 56.6 Å². The van der Waals surface area contributed by atoms with Gasteiger partial charge in [0.25, 0.3) is 5.91 Å². The molecule has 2 N–H and O–H groups in total. The minimum Gasteiger partial charge on any atom is -0.350 e. The molecule has 3 aromatic carbocycles. The fourth-order valence-electron chi connectivity index (χ4n) is 3.64. The van der Waals surface area contributed by atoms with Crippen LogP contribution in [0.1, 0.15) is 45.0 Å². The molecule has 0 unspecified atom stereocenters. The molecule has 0 heterocycles. The second kappa shape index (κ2) is 10.8. The predicted molar refractivity (Wildman–Crippen MR) is 139 cm³/mol. The molecule has 0 fully saturated rings. The van der Waals surface area contributed by atoms with Gasteiger partial charge in [0.05, 0.1) is 0 Å². The summed E-state index contributed by atoms with van der Waals surface area (Å²) in [5, 5.41) is 9.33. The minimum absolute atomic E-state index is 0.0479. The summed E-state index contributed by atoms with van der Waals surface area (Å²) in [5.41, 5.74) is 0.229. The largest absolute Gasteiger partial charge is 0.350 e. The fraction of sp³-hybridized carbons (Fsp3) is 0.286. The zero-order chi connectivity index (χ0) is 24.0. The molecule has 0 saturated heterocycles. The number of carbonyl (C=O) groups is 2. The molecule has 33 heavy (non-hydrogen) atoms. The van der Waals surface area contributed by atoms with Crippen molar-refractivity contribution in [1.82, 2.24) is 10.6 Å². The van der Waals surface area contributed by atoms with Crippen molar-refractivity contribution >= 4 is 35.6 Å². The van der Waals surface area contributed by atoms with E-state index in [4.69, 9.17) is 0 Å². The smallest absolute Gasteiger partial charge is 0.252 e. The topological polar surface area (TPSA) is 58.2 Å². The third-order valence-electron chi connectivity index (χ3n) is 5.15. The van der Waals surface area contributed by atoms with E-state index in [1.807, 2.05) is 95.3 Å². The second-order valence-corrected chi connectivity index (χ2v) is 11.6. The molecule has 5 heteroatoms. The van der Waals surface area contributed by atoms with E-state index in [9.17, 15) is 9.59 Å². The highest BCUT2D eigenvalue weighted by Crippen LogP contribution is 2.34. The summed E-state index contributed by atoms with van der Waals surface area (Å²) in [6, 6.07) is 27.7. The molecular weight excluding hydrogens is 427 g/mol. The third kappa shape index (κ3) is 6.52. The summed E-state index contributed by atoms with van der Waals surface area (Å²) < 4.78 is 0. The van der Waals surface area contributed by atoms with E-state index < -0.39 is 14.0 Å². The molecule has 0 aliphatic rings. The Bertz CT molecular complexity index is 1040. The average Bonchev–Trinajstić information content (AvgIpc) is 2.78. The zero-order valence-corrected chi connectivity index (χ0v) is 20.9. The first-order valence-electron chi connectivity index (χ1n) is 11.3. The first-order chi connectivity index (χ1) is 15.7. The van der Waals surface area contributed by atoms with Gasteiger partial charge in [-0.15, -0.1) is 0 Å². The van der Waals surface area contributed by atoms with Gasteiger partial charge in [-0.1, -0.05) is 92.7 Å². The molecule has 3 aromatic rings. The maximum atomic E-state index is 13.5. The van der Waals surface area contributed by atoms with Crippen LogP contribution in [0.2, 0.25) is 0 Å². The van der Waals surface area contributed by atoms with Gasteiger partial charge in [-0.3, -0.25) is 9.59 Å². The van der Waals surface area contributed by atoms with Crippen molar-refractivity contribution in [3.05, 3.63) is 90.5 Å². The molecule has 1 atom stereocenters. The monoisotopic (exact) mass is 460 g/mol. The third-order valence-corrected chi connectivity index (χ3v) is 7.65. The molecule has 172 valence electrons. The van der Waals surface area contributed by atoms with E-state index in [0.717, 1.165) is 5.30 Å². The molecule has 0 aromatic heterocycles. The van der Waals surface area contributed by atoms with E-state index in [-0.39, 0.29) is 23.3 Å². The summed E-state index contributed by atoms with van der Waals surface area (Å²) in [6.07, 6.45) is 0. The number of amides is 2. The lowest BCUT2D eigenvalue weighted by Crippen LogP contribution is -2.54. The summed E-state index contributed by atoms with van der Waals surface area (Å²) in [7, 11) is -0.938. The molecule has 0 radical (unpaired) electrons. The van der Waals surface area contributed by atoms with Crippen molar-refractivity contribution in [2.45, 2.75) is 46.2 Å². The van der Waals surface area contributed by atoms with Gasteiger partial charge in [0.15, 0.2) is 0 Å². The van der Waals surface area contributed by atoms with Gasteiger partial charge in [0, 0.05) is 11.1 Å². The molecule has 0 aliphatic carbocycles. The average molecular weight is 461 g/mol. The Morgan fingerprint density at radius 3 is 1.73 bits per heavy atom. The van der Waals surface area contributed by atoms with E-state index >= 15 is 0 Å². The van der Waals surface area contributed by atoms with E-state index in [0.29, 0.717) is 5.56 Å². The number of hydrogen-bond acceptors (Lipinski definition) is 2. The molecule has 0 bridgehead atoms. The molecule has 0 saturated carbocycles. The summed E-state index contributed by atoms with van der Waals surface area (Å²) in [5.74, 6) is -0.447. The Balaban J connectivity index is 2.00. The van der Waals surface area contributed by atoms with Crippen molar-refractivity contribution < 1.29 is 9.59 Å². The van der Waals surface area contributed by atoms with E-state index in [1.54, 1.807) is 0 Å². The Kier molecular flexibility index (Phi) is 8.05. The van der Waals surface area contributed by atoms with Crippen LogP contribution in [0, 0.1) is 5.92 Å². The number of hydrogen-bond donors (Lipinski definition) is 2. The maximum Gasteiger partial charge on any atom is 0.252 e. The zero-order valence-electron chi connectivity index (χ0n) is 20.0. The number of nitrogens with one attached hydrogen (secondary N) is 2. The Hall–Kier alpha value is -2.97. The molecular formula is C28H33N2O2P. The lowest BCUT2D eigenvalue weighted by Gasteiger charge is -2.28. The van der Waals surface area contributed by atoms with Gasteiger partial charge in [-0.25, -0.2) is 0 Å². The van der Waals surface area contributed by atoms with Crippen LogP contribution >= 0.6 is 7.92 Å². The van der Waals surface area contributed by atoms with Gasteiger partial charge in [-0.2, -0.15) is 0 Å². The van der Waals surface area contributed by atoms with Crippen LogP contribution in [-0.4, -0.2) is 23.4 Å². The minimum atomic E-state index is -0.938. The van der Waals surface area contributed by atoms with E-state index in [1.165, 1.54) is 10.6 Å². The van der Waals surface area contributed by atoms with Gasteiger partial charge < -0.3 is 10.6 Å². The normalized spacial score (nSPS) is 12.5. The van der Waals surface area contributed by atoms with Gasteiger partial charge in [0.2, 0.25) is 5.91 Å². The number of benzene rings is 3. The van der Waals surface area contributed by atoms with Crippen LogP contribution in [0.15, 0.2) is 84.9 Å². The summed E-state index contributed by atoms with van der Waals surface area (Å²) in [6.45, 7) is 9.70. The molecule has 4 nitrogen and oxygen atoms in total. The van der Waals surface area contributed by atoms with Gasteiger partial charge in [0.1, 0.15) is 6.04 Å². The lowest BCUT2D eigenvalue weighted by atomic mass is 10.0. The molecule has 0 spiro atoms. The highest BCUT2D eigenvalue weighted by Gasteiger charge is 2.29. The Morgan fingerprint density at radius 1 is 0.758 bits per heavy atom. The van der Waals surface area contributed by atoms with Crippen LogP contribution in [-0.2, 0) is 4.79 Å². The maximum absolute atomic E-state index is 13.5. The summed E-state index contributed by atoms with van der Waals surface area (Å²) >= 11 is 0. The SMILES string of the molecule is CC(C)[C@H](NC(=O)c1ccccc1P(c1ccccc1)c1ccccc1)C(=O)NC(C)(C)C. The Morgan fingerprint density at radius 2 is 1.24 bits per heavy atom. The quantitative estimate of drug-likeness (QED) is 0.522. The number of rotatable bonds is 7. The number of carbonyl (C=O) groups excluding carboxylic acids is 2. The first kappa shape index (κ1) is 24.7. The van der Waals surface area contributed by atoms with Gasteiger partial charge >= 0.3 is 0 Å². The van der Waals surface area contributed by atoms with Crippen LogP contribution in [0.3, 0.4) is 0 Å². The molecule has 2 amide bonds. The lowest BCUT2D eigenvalue weighted by molar-refractivity contribution is -0.125. The van der Waals surface area contributed by atoms with Crippen LogP contribution in [0.5, 0.6) is 0 Å². The standard InChI is InChI=1S/C28H33N2O2P/c1-20(2)25(27(32)30-28(3,4)5)29-26(31)23-18-12-13-19-24(23)33(21-14-8-6-9-15-21)22-16-10-7-11-17-22/h6-20,25H,1-5H3,(H,29,31)(H,30,32)/t25-/m0/s1. The molecule has 3 rings (SSSR count). The van der Waals surface area contributed by atoms with Crippen molar-refractivity contribution in [3.63, 3.8) is 0 Å².